The highest BCUT2D eigenvalue weighted by molar-refractivity contribution is 5.91. The number of carbonyl (C=O) groups is 1. The molecule has 0 saturated carbocycles. The lowest BCUT2D eigenvalue weighted by Crippen LogP contribution is -2.47. The van der Waals surface area contributed by atoms with Crippen LogP contribution in [0.5, 0.6) is 5.75 Å². The van der Waals surface area contributed by atoms with Gasteiger partial charge in [-0.3, -0.25) is 4.90 Å². The van der Waals surface area contributed by atoms with Crippen molar-refractivity contribution in [1.82, 2.24) is 9.88 Å². The second-order valence-electron chi connectivity index (χ2n) is 8.09. The summed E-state index contributed by atoms with van der Waals surface area (Å²) in [6.07, 6.45) is 4.10. The molecule has 6 nitrogen and oxygen atoms in total. The Morgan fingerprint density at radius 3 is 2.80 bits per heavy atom. The number of H-pyrrole nitrogens is 1. The lowest BCUT2D eigenvalue weighted by atomic mass is 9.74. The molecule has 0 unspecified atom stereocenters. The van der Waals surface area contributed by atoms with Crippen LogP contribution in [0.25, 0.3) is 10.9 Å². The summed E-state index contributed by atoms with van der Waals surface area (Å²) < 4.78 is 30.0. The van der Waals surface area contributed by atoms with Crippen molar-refractivity contribution in [3.8, 4) is 5.75 Å². The highest BCUT2D eigenvalue weighted by Gasteiger charge is 2.42. The van der Waals surface area contributed by atoms with Gasteiger partial charge in [-0.2, -0.15) is 0 Å². The van der Waals surface area contributed by atoms with Crippen molar-refractivity contribution in [3.05, 3.63) is 41.0 Å². The van der Waals surface area contributed by atoms with Crippen molar-refractivity contribution in [3.63, 3.8) is 0 Å². The number of piperidine rings is 1. The number of rotatable bonds is 5. The van der Waals surface area contributed by atoms with Gasteiger partial charge in [-0.15, -0.1) is 0 Å². The molecule has 2 aliphatic heterocycles. The number of aromatic amines is 1. The molecule has 1 N–H and O–H groups in total. The van der Waals surface area contributed by atoms with Gasteiger partial charge < -0.3 is 19.2 Å². The zero-order valence-electron chi connectivity index (χ0n) is 18.0. The number of halogens is 1. The Hall–Kier alpha value is -2.54. The van der Waals surface area contributed by atoms with Gasteiger partial charge in [-0.1, -0.05) is 13.3 Å². The van der Waals surface area contributed by atoms with Crippen molar-refractivity contribution in [2.24, 2.45) is 11.8 Å². The molecule has 0 aliphatic carbocycles. The van der Waals surface area contributed by atoms with E-state index in [0.29, 0.717) is 17.2 Å². The molecule has 2 aromatic rings. The van der Waals surface area contributed by atoms with E-state index in [1.54, 1.807) is 13.2 Å². The minimum absolute atomic E-state index is 0.0274. The largest absolute Gasteiger partial charge is 0.504 e. The zero-order valence-corrected chi connectivity index (χ0v) is 18.0. The quantitative estimate of drug-likeness (QED) is 0.454. The number of fused-ring (bicyclic) bond motifs is 5. The molecule has 0 spiro atoms. The van der Waals surface area contributed by atoms with Crippen LogP contribution in [0.2, 0.25) is 0 Å². The van der Waals surface area contributed by atoms with Crippen LogP contribution in [-0.2, 0) is 20.7 Å². The molecule has 7 heteroatoms. The van der Waals surface area contributed by atoms with Gasteiger partial charge in [-0.25, -0.2) is 9.18 Å². The van der Waals surface area contributed by atoms with Crippen molar-refractivity contribution >= 4 is 16.9 Å². The lowest BCUT2D eigenvalue weighted by Gasteiger charge is -2.46. The van der Waals surface area contributed by atoms with Crippen molar-refractivity contribution in [2.45, 2.75) is 32.2 Å². The fraction of sp³-hybridized carbons (Fsp3) is 0.522. The Kier molecular flexibility index (Phi) is 5.73. The van der Waals surface area contributed by atoms with Gasteiger partial charge in [0.15, 0.2) is 11.6 Å². The standard InChI is InChI=1S/C23H29FN2O4/c1-5-13-11-26-9-8-14-20-18(7-6-17(24)22(20)29-3)25-21(14)19(26)10-15(13)16(12-28-2)23(27)30-4/h6-7,12-13,15,19,25H,5,8-11H2,1-4H3/t13-,15+,19+/m1/s1. The van der Waals surface area contributed by atoms with Gasteiger partial charge in [0.05, 0.1) is 39.2 Å². The van der Waals surface area contributed by atoms with Crippen LogP contribution in [-0.4, -0.2) is 50.3 Å². The third-order valence-electron chi connectivity index (χ3n) is 6.74. The third kappa shape index (κ3) is 3.25. The summed E-state index contributed by atoms with van der Waals surface area (Å²) >= 11 is 0. The molecule has 0 radical (unpaired) electrons. The van der Waals surface area contributed by atoms with Crippen LogP contribution in [0.3, 0.4) is 0 Å². The molecule has 0 amide bonds. The first-order valence-electron chi connectivity index (χ1n) is 10.5. The first-order chi connectivity index (χ1) is 14.5. The number of esters is 1. The molecular formula is C23H29FN2O4. The van der Waals surface area contributed by atoms with Gasteiger partial charge in [0.2, 0.25) is 0 Å². The molecule has 4 rings (SSSR count). The normalized spacial score (nSPS) is 24.3. The van der Waals surface area contributed by atoms with Crippen LogP contribution >= 0.6 is 0 Å². The molecule has 3 atom stereocenters. The van der Waals surface area contributed by atoms with Crippen LogP contribution < -0.4 is 4.74 Å². The summed E-state index contributed by atoms with van der Waals surface area (Å²) in [5.41, 5.74) is 3.68. The highest BCUT2D eigenvalue weighted by Crippen LogP contribution is 2.47. The number of methoxy groups -OCH3 is 3. The molecular weight excluding hydrogens is 387 g/mol. The van der Waals surface area contributed by atoms with Crippen LogP contribution in [0.4, 0.5) is 4.39 Å². The summed E-state index contributed by atoms with van der Waals surface area (Å²) in [7, 11) is 4.46. The predicted octanol–water partition coefficient (Wildman–Crippen LogP) is 3.96. The first-order valence-corrected chi connectivity index (χ1v) is 10.5. The van der Waals surface area contributed by atoms with Crippen molar-refractivity contribution < 1.29 is 23.4 Å². The number of nitrogens with zero attached hydrogens (tertiary/aromatic N) is 1. The minimum atomic E-state index is -0.349. The van der Waals surface area contributed by atoms with E-state index >= 15 is 0 Å². The summed E-state index contributed by atoms with van der Waals surface area (Å²) in [5.74, 6) is -0.0333. The second kappa shape index (κ2) is 8.30. The highest BCUT2D eigenvalue weighted by atomic mass is 19.1. The van der Waals surface area contributed by atoms with E-state index in [1.165, 1.54) is 26.5 Å². The minimum Gasteiger partial charge on any atom is -0.504 e. The molecule has 1 aromatic carbocycles. The SMILES string of the molecule is CC[C@@H]1CN2CCc3c([nH]c4ccc(F)c(OC)c34)[C@@H]2C[C@@H]1C(=COC)C(=O)OC. The topological polar surface area (TPSA) is 63.8 Å². The smallest absolute Gasteiger partial charge is 0.337 e. The fourth-order valence-electron chi connectivity index (χ4n) is 5.33. The molecule has 162 valence electrons. The maximum absolute atomic E-state index is 14.4. The molecule has 1 aromatic heterocycles. The van der Waals surface area contributed by atoms with E-state index in [4.69, 9.17) is 14.2 Å². The van der Waals surface area contributed by atoms with Gasteiger partial charge >= 0.3 is 5.97 Å². The van der Waals surface area contributed by atoms with Crippen molar-refractivity contribution in [2.75, 3.05) is 34.4 Å². The number of ether oxygens (including phenoxy) is 3. The Labute approximate surface area is 176 Å². The molecule has 3 heterocycles. The Bertz CT molecular complexity index is 983. The van der Waals surface area contributed by atoms with Gasteiger partial charge in [0.25, 0.3) is 0 Å². The van der Waals surface area contributed by atoms with E-state index in [2.05, 4.69) is 16.8 Å². The molecule has 30 heavy (non-hydrogen) atoms. The predicted molar refractivity (Wildman–Crippen MR) is 112 cm³/mol. The second-order valence-corrected chi connectivity index (χ2v) is 8.09. The van der Waals surface area contributed by atoms with E-state index in [1.807, 2.05) is 0 Å². The Balaban J connectivity index is 1.78. The van der Waals surface area contributed by atoms with E-state index in [-0.39, 0.29) is 23.7 Å². The average Bonchev–Trinajstić information content (AvgIpc) is 3.15. The zero-order chi connectivity index (χ0) is 21.4. The van der Waals surface area contributed by atoms with Gasteiger partial charge in [0, 0.05) is 29.7 Å². The van der Waals surface area contributed by atoms with E-state index < -0.39 is 0 Å². The monoisotopic (exact) mass is 416 g/mol. The third-order valence-corrected chi connectivity index (χ3v) is 6.74. The van der Waals surface area contributed by atoms with Crippen LogP contribution in [0.15, 0.2) is 24.0 Å². The number of benzene rings is 1. The molecule has 1 fully saturated rings. The van der Waals surface area contributed by atoms with Crippen molar-refractivity contribution in [1.29, 1.82) is 0 Å². The first kappa shape index (κ1) is 20.7. The summed E-state index contributed by atoms with van der Waals surface area (Å²) in [6, 6.07) is 3.33. The summed E-state index contributed by atoms with van der Waals surface area (Å²) in [4.78, 5) is 18.5. The number of aromatic nitrogens is 1. The van der Waals surface area contributed by atoms with E-state index in [0.717, 1.165) is 54.5 Å². The maximum Gasteiger partial charge on any atom is 0.337 e. The molecule has 0 bridgehead atoms. The van der Waals surface area contributed by atoms with Crippen LogP contribution in [0, 0.1) is 17.7 Å². The fourth-order valence-corrected chi connectivity index (χ4v) is 5.33. The number of nitrogens with one attached hydrogen (secondary N) is 1. The van der Waals surface area contributed by atoms with Crippen LogP contribution in [0.1, 0.15) is 37.1 Å². The maximum atomic E-state index is 14.4. The van der Waals surface area contributed by atoms with Gasteiger partial charge in [0.1, 0.15) is 0 Å². The summed E-state index contributed by atoms with van der Waals surface area (Å²) in [5, 5.41) is 0.835. The average molecular weight is 416 g/mol. The summed E-state index contributed by atoms with van der Waals surface area (Å²) in [6.45, 7) is 3.95. The number of carbonyl (C=O) groups excluding carboxylic acids is 1. The Morgan fingerprint density at radius 2 is 2.13 bits per heavy atom. The Morgan fingerprint density at radius 1 is 1.33 bits per heavy atom. The number of hydrogen-bond acceptors (Lipinski definition) is 5. The van der Waals surface area contributed by atoms with E-state index in [9.17, 15) is 9.18 Å². The van der Waals surface area contributed by atoms with Gasteiger partial charge in [-0.05, 0) is 42.4 Å². The lowest BCUT2D eigenvalue weighted by molar-refractivity contribution is -0.137. The number of hydrogen-bond donors (Lipinski definition) is 1. The molecule has 2 aliphatic rings. The molecule has 1 saturated heterocycles.